The van der Waals surface area contributed by atoms with E-state index in [2.05, 4.69) is 0 Å². The summed E-state index contributed by atoms with van der Waals surface area (Å²) in [5.74, 6) is -0.766. The van der Waals surface area contributed by atoms with E-state index in [9.17, 15) is 9.59 Å². The van der Waals surface area contributed by atoms with Crippen molar-refractivity contribution < 1.29 is 19.1 Å². The number of carbonyl (C=O) groups is 2. The SMILES string of the molecule is CC(C)COC(=O)[CH]C(=O)OCC(C)C. The molecular weight excluding hydrogens is 196 g/mol. The van der Waals surface area contributed by atoms with Gasteiger partial charge in [0.15, 0.2) is 6.42 Å². The average Bonchev–Trinajstić information content (AvgIpc) is 2.11. The minimum absolute atomic E-state index is 0.258. The van der Waals surface area contributed by atoms with E-state index in [0.717, 1.165) is 6.42 Å². The highest BCUT2D eigenvalue weighted by Gasteiger charge is 2.13. The zero-order chi connectivity index (χ0) is 11.8. The molecule has 0 N–H and O–H groups in total. The predicted molar refractivity (Wildman–Crippen MR) is 55.9 cm³/mol. The van der Waals surface area contributed by atoms with E-state index in [1.807, 2.05) is 27.7 Å². The monoisotopic (exact) mass is 215 g/mol. The van der Waals surface area contributed by atoms with Crippen LogP contribution in [0.5, 0.6) is 0 Å². The van der Waals surface area contributed by atoms with Crippen LogP contribution in [0.2, 0.25) is 0 Å². The summed E-state index contributed by atoms with van der Waals surface area (Å²) in [6.45, 7) is 8.31. The van der Waals surface area contributed by atoms with Gasteiger partial charge in [0.1, 0.15) is 0 Å². The van der Waals surface area contributed by atoms with Gasteiger partial charge in [-0.15, -0.1) is 0 Å². The molecule has 0 amide bonds. The lowest BCUT2D eigenvalue weighted by Gasteiger charge is -2.08. The van der Waals surface area contributed by atoms with Gasteiger partial charge in [-0.3, -0.25) is 9.59 Å². The van der Waals surface area contributed by atoms with Crippen LogP contribution in [0.15, 0.2) is 0 Å². The molecule has 0 saturated carbocycles. The molecule has 0 rings (SSSR count). The Balaban J connectivity index is 3.63. The summed E-state index contributed by atoms with van der Waals surface area (Å²) in [6.07, 6.45) is 0.838. The van der Waals surface area contributed by atoms with Crippen molar-refractivity contribution in [3.8, 4) is 0 Å². The van der Waals surface area contributed by atoms with Crippen LogP contribution >= 0.6 is 0 Å². The second kappa shape index (κ2) is 7.26. The Bertz CT molecular complexity index is 187. The summed E-state index contributed by atoms with van der Waals surface area (Å²) in [5.41, 5.74) is 0. The van der Waals surface area contributed by atoms with E-state index < -0.39 is 11.9 Å². The molecule has 87 valence electrons. The first kappa shape index (κ1) is 13.9. The van der Waals surface area contributed by atoms with Gasteiger partial charge in [0.25, 0.3) is 0 Å². The quantitative estimate of drug-likeness (QED) is 0.498. The molecule has 0 spiro atoms. The smallest absolute Gasteiger partial charge is 0.321 e. The first-order valence-electron chi connectivity index (χ1n) is 5.10. The molecule has 4 heteroatoms. The Hall–Kier alpha value is -1.06. The van der Waals surface area contributed by atoms with E-state index in [1.54, 1.807) is 0 Å². The fraction of sp³-hybridized carbons (Fsp3) is 0.727. The second-order valence-electron chi connectivity index (χ2n) is 4.19. The molecule has 0 aromatic heterocycles. The average molecular weight is 215 g/mol. The van der Waals surface area contributed by atoms with Crippen LogP contribution < -0.4 is 0 Å². The summed E-state index contributed by atoms with van der Waals surface area (Å²) >= 11 is 0. The minimum Gasteiger partial charge on any atom is -0.465 e. The van der Waals surface area contributed by atoms with Gasteiger partial charge >= 0.3 is 11.9 Å². The second-order valence-corrected chi connectivity index (χ2v) is 4.19. The topological polar surface area (TPSA) is 52.6 Å². The lowest BCUT2D eigenvalue weighted by Crippen LogP contribution is -2.18. The lowest BCUT2D eigenvalue weighted by atomic mass is 10.2. The molecule has 0 saturated heterocycles. The van der Waals surface area contributed by atoms with Gasteiger partial charge in [0.05, 0.1) is 13.2 Å². The van der Waals surface area contributed by atoms with Crippen molar-refractivity contribution in [2.75, 3.05) is 13.2 Å². The molecule has 0 aromatic rings. The first-order chi connectivity index (χ1) is 6.91. The van der Waals surface area contributed by atoms with Crippen molar-refractivity contribution in [1.82, 2.24) is 0 Å². The van der Waals surface area contributed by atoms with Gasteiger partial charge in [-0.2, -0.15) is 0 Å². The maximum absolute atomic E-state index is 11.0. The van der Waals surface area contributed by atoms with Crippen LogP contribution in [-0.4, -0.2) is 25.2 Å². The number of hydrogen-bond donors (Lipinski definition) is 0. The van der Waals surface area contributed by atoms with Gasteiger partial charge in [-0.05, 0) is 11.8 Å². The van der Waals surface area contributed by atoms with Crippen LogP contribution in [0.4, 0.5) is 0 Å². The van der Waals surface area contributed by atoms with Gasteiger partial charge in [-0.1, -0.05) is 27.7 Å². The van der Waals surface area contributed by atoms with Crippen molar-refractivity contribution in [2.24, 2.45) is 11.8 Å². The molecule has 1 radical (unpaired) electrons. The molecule has 0 aliphatic rings. The Morgan fingerprint density at radius 1 is 0.933 bits per heavy atom. The summed E-state index contributed by atoms with van der Waals surface area (Å²) in [4.78, 5) is 22.0. The predicted octanol–water partition coefficient (Wildman–Crippen LogP) is 1.59. The fourth-order valence-corrected chi connectivity index (χ4v) is 0.677. The number of hydrogen-bond acceptors (Lipinski definition) is 4. The lowest BCUT2D eigenvalue weighted by molar-refractivity contribution is -0.149. The Kier molecular flexibility index (Phi) is 6.75. The number of ether oxygens (including phenoxy) is 2. The molecule has 0 atom stereocenters. The van der Waals surface area contributed by atoms with Crippen LogP contribution in [-0.2, 0) is 19.1 Å². The zero-order valence-corrected chi connectivity index (χ0v) is 9.78. The number of esters is 2. The maximum atomic E-state index is 11.0. The van der Waals surface area contributed by atoms with Crippen molar-refractivity contribution in [3.05, 3.63) is 6.42 Å². The highest BCUT2D eigenvalue weighted by Crippen LogP contribution is 1.98. The summed E-state index contributed by atoms with van der Waals surface area (Å²) < 4.78 is 9.57. The van der Waals surface area contributed by atoms with Gasteiger partial charge in [-0.25, -0.2) is 0 Å². The van der Waals surface area contributed by atoms with E-state index in [1.165, 1.54) is 0 Å². The summed E-state index contributed by atoms with van der Waals surface area (Å²) in [6, 6.07) is 0. The molecule has 0 aliphatic heterocycles. The minimum atomic E-state index is -0.641. The highest BCUT2D eigenvalue weighted by atomic mass is 16.6. The fourth-order valence-electron chi connectivity index (χ4n) is 0.677. The van der Waals surface area contributed by atoms with E-state index in [-0.39, 0.29) is 11.8 Å². The summed E-state index contributed by atoms with van der Waals surface area (Å²) in [7, 11) is 0. The van der Waals surface area contributed by atoms with Crippen molar-refractivity contribution in [3.63, 3.8) is 0 Å². The van der Waals surface area contributed by atoms with Gasteiger partial charge in [0.2, 0.25) is 0 Å². The Labute approximate surface area is 90.9 Å². The standard InChI is InChI=1S/C11H19O4/c1-8(2)6-14-10(12)5-11(13)15-7-9(3)4/h5,8-9H,6-7H2,1-4H3. The molecular formula is C11H19O4. The molecule has 0 heterocycles. The van der Waals surface area contributed by atoms with E-state index in [0.29, 0.717) is 13.2 Å². The van der Waals surface area contributed by atoms with Gasteiger partial charge in [0, 0.05) is 0 Å². The molecule has 0 bridgehead atoms. The third-order valence-corrected chi connectivity index (χ3v) is 1.35. The van der Waals surface area contributed by atoms with Crippen LogP contribution in [0, 0.1) is 18.3 Å². The molecule has 0 aromatic carbocycles. The number of rotatable bonds is 6. The molecule has 15 heavy (non-hydrogen) atoms. The Morgan fingerprint density at radius 2 is 1.27 bits per heavy atom. The third kappa shape index (κ3) is 9.25. The molecule has 0 unspecified atom stereocenters. The molecule has 4 nitrogen and oxygen atoms in total. The summed E-state index contributed by atoms with van der Waals surface area (Å²) in [5, 5.41) is 0. The third-order valence-electron chi connectivity index (χ3n) is 1.35. The van der Waals surface area contributed by atoms with Crippen molar-refractivity contribution in [2.45, 2.75) is 27.7 Å². The maximum Gasteiger partial charge on any atom is 0.321 e. The van der Waals surface area contributed by atoms with Crippen LogP contribution in [0.25, 0.3) is 0 Å². The van der Waals surface area contributed by atoms with Crippen molar-refractivity contribution >= 4 is 11.9 Å². The largest absolute Gasteiger partial charge is 0.465 e. The van der Waals surface area contributed by atoms with Crippen molar-refractivity contribution in [1.29, 1.82) is 0 Å². The molecule has 0 aliphatic carbocycles. The molecule has 0 fully saturated rings. The zero-order valence-electron chi connectivity index (χ0n) is 9.78. The Morgan fingerprint density at radius 3 is 1.53 bits per heavy atom. The van der Waals surface area contributed by atoms with Gasteiger partial charge < -0.3 is 9.47 Å². The van der Waals surface area contributed by atoms with E-state index in [4.69, 9.17) is 9.47 Å². The van der Waals surface area contributed by atoms with Crippen LogP contribution in [0.1, 0.15) is 27.7 Å². The van der Waals surface area contributed by atoms with Crippen LogP contribution in [0.3, 0.4) is 0 Å². The first-order valence-corrected chi connectivity index (χ1v) is 5.10. The van der Waals surface area contributed by atoms with E-state index >= 15 is 0 Å². The normalized spacial score (nSPS) is 10.5. The highest BCUT2D eigenvalue weighted by molar-refractivity contribution is 6.03. The number of carbonyl (C=O) groups excluding carboxylic acids is 2.